The van der Waals surface area contributed by atoms with Crippen LogP contribution in [0.25, 0.3) is 0 Å². The van der Waals surface area contributed by atoms with Crippen LogP contribution in [0, 0.1) is 0 Å². The highest BCUT2D eigenvalue weighted by atomic mass is 16.5. The molecule has 0 saturated heterocycles. The first-order chi connectivity index (χ1) is 10.3. The Kier molecular flexibility index (Phi) is 4.20. The molecule has 0 radical (unpaired) electrons. The number of ether oxygens (including phenoxy) is 1. The molecule has 1 N–H and O–H groups in total. The fourth-order valence-corrected chi connectivity index (χ4v) is 2.86. The summed E-state index contributed by atoms with van der Waals surface area (Å²) in [4.78, 5) is 4.39. The van der Waals surface area contributed by atoms with Gasteiger partial charge in [0.25, 0.3) is 0 Å². The summed E-state index contributed by atoms with van der Waals surface area (Å²) in [7, 11) is 1.94. The molecule has 0 aliphatic heterocycles. The molecule has 1 aliphatic rings. The molecule has 21 heavy (non-hydrogen) atoms. The molecule has 1 unspecified atom stereocenters. The maximum atomic E-state index is 6.05. The van der Waals surface area contributed by atoms with E-state index in [-0.39, 0.29) is 6.04 Å². The summed E-state index contributed by atoms with van der Waals surface area (Å²) in [6.07, 6.45) is 6.72. The largest absolute Gasteiger partial charge is 0.439 e. The molecular weight excluding hydrogens is 260 g/mol. The van der Waals surface area contributed by atoms with Crippen LogP contribution in [-0.2, 0) is 12.8 Å². The first-order valence-electron chi connectivity index (χ1n) is 7.70. The van der Waals surface area contributed by atoms with E-state index in [4.69, 9.17) is 4.74 Å². The lowest BCUT2D eigenvalue weighted by Crippen LogP contribution is -2.13. The zero-order chi connectivity index (χ0) is 14.7. The fourth-order valence-electron chi connectivity index (χ4n) is 2.86. The van der Waals surface area contributed by atoms with Crippen LogP contribution in [0.5, 0.6) is 11.6 Å². The maximum Gasteiger partial charge on any atom is 0.223 e. The molecule has 0 fully saturated rings. The lowest BCUT2D eigenvalue weighted by molar-refractivity contribution is 0.445. The molecule has 1 aliphatic carbocycles. The number of hydrogen-bond donors (Lipinski definition) is 1. The Balaban J connectivity index is 1.87. The normalized spacial score (nSPS) is 15.3. The molecule has 110 valence electrons. The van der Waals surface area contributed by atoms with Crippen LogP contribution >= 0.6 is 0 Å². The van der Waals surface area contributed by atoms with Crippen molar-refractivity contribution in [1.82, 2.24) is 10.3 Å². The summed E-state index contributed by atoms with van der Waals surface area (Å²) in [5.74, 6) is 1.58. The molecule has 1 aromatic carbocycles. The lowest BCUT2D eigenvalue weighted by atomic mass is 9.92. The molecule has 1 aromatic heterocycles. The van der Waals surface area contributed by atoms with Crippen LogP contribution in [0.4, 0.5) is 0 Å². The van der Waals surface area contributed by atoms with Crippen molar-refractivity contribution in [3.8, 4) is 11.6 Å². The topological polar surface area (TPSA) is 34.2 Å². The molecule has 3 heteroatoms. The highest BCUT2D eigenvalue weighted by Crippen LogP contribution is 2.30. The van der Waals surface area contributed by atoms with Gasteiger partial charge in [-0.25, -0.2) is 4.98 Å². The van der Waals surface area contributed by atoms with Crippen molar-refractivity contribution in [3.05, 3.63) is 53.2 Å². The molecule has 0 amide bonds. The van der Waals surface area contributed by atoms with Gasteiger partial charge < -0.3 is 10.1 Å². The zero-order valence-corrected chi connectivity index (χ0v) is 12.7. The van der Waals surface area contributed by atoms with Crippen molar-refractivity contribution >= 4 is 0 Å². The number of fused-ring (bicyclic) bond motifs is 1. The third-order valence-electron chi connectivity index (χ3n) is 4.23. The van der Waals surface area contributed by atoms with Crippen LogP contribution in [0.3, 0.4) is 0 Å². The molecule has 3 nitrogen and oxygen atoms in total. The number of rotatable bonds is 4. The van der Waals surface area contributed by atoms with Crippen LogP contribution < -0.4 is 10.1 Å². The monoisotopic (exact) mass is 282 g/mol. The fraction of sp³-hybridized carbons (Fsp3) is 0.389. The summed E-state index contributed by atoms with van der Waals surface area (Å²) < 4.78 is 6.05. The number of hydrogen-bond acceptors (Lipinski definition) is 3. The van der Waals surface area contributed by atoms with Gasteiger partial charge in [-0.3, -0.25) is 0 Å². The minimum atomic E-state index is 0.214. The molecule has 1 atom stereocenters. The minimum Gasteiger partial charge on any atom is -0.439 e. The molecule has 3 rings (SSSR count). The van der Waals surface area contributed by atoms with Gasteiger partial charge in [0.1, 0.15) is 5.75 Å². The van der Waals surface area contributed by atoms with Gasteiger partial charge in [-0.1, -0.05) is 12.1 Å². The van der Waals surface area contributed by atoms with E-state index in [0.29, 0.717) is 5.88 Å². The predicted octanol–water partition coefficient (Wildman–Crippen LogP) is 4.03. The van der Waals surface area contributed by atoms with E-state index in [1.54, 1.807) is 6.20 Å². The zero-order valence-electron chi connectivity index (χ0n) is 12.7. The minimum absolute atomic E-state index is 0.214. The Morgan fingerprint density at radius 1 is 1.14 bits per heavy atom. The Morgan fingerprint density at radius 3 is 2.76 bits per heavy atom. The van der Waals surface area contributed by atoms with Crippen molar-refractivity contribution in [2.24, 2.45) is 0 Å². The average Bonchev–Trinajstić information content (AvgIpc) is 2.54. The van der Waals surface area contributed by atoms with Crippen LogP contribution in [0.1, 0.15) is 42.5 Å². The number of nitrogens with zero attached hydrogens (tertiary/aromatic N) is 1. The lowest BCUT2D eigenvalue weighted by Gasteiger charge is -2.18. The summed E-state index contributed by atoms with van der Waals surface area (Å²) in [6.45, 7) is 2.11. The van der Waals surface area contributed by atoms with E-state index < -0.39 is 0 Å². The average molecular weight is 282 g/mol. The molecule has 0 saturated carbocycles. The SMILES string of the molecule is CNC(C)c1cccnc1Oc1ccc2c(c1)CCCC2. The van der Waals surface area contributed by atoms with Crippen molar-refractivity contribution in [2.75, 3.05) is 7.05 Å². The van der Waals surface area contributed by atoms with E-state index in [2.05, 4.69) is 41.5 Å². The molecule has 0 spiro atoms. The van der Waals surface area contributed by atoms with Gasteiger partial charge in [-0.15, -0.1) is 0 Å². The molecular formula is C18H22N2O. The number of aryl methyl sites for hydroxylation is 2. The highest BCUT2D eigenvalue weighted by molar-refractivity contribution is 5.40. The van der Waals surface area contributed by atoms with Crippen molar-refractivity contribution in [1.29, 1.82) is 0 Å². The molecule has 1 heterocycles. The van der Waals surface area contributed by atoms with Crippen molar-refractivity contribution in [3.63, 3.8) is 0 Å². The third kappa shape index (κ3) is 3.08. The van der Waals surface area contributed by atoms with Gasteiger partial charge in [0.05, 0.1) is 0 Å². The standard InChI is InChI=1S/C18H22N2O/c1-13(19-2)17-8-5-11-20-18(17)21-16-10-9-14-6-3-4-7-15(14)12-16/h5,8-13,19H,3-4,6-7H2,1-2H3. The quantitative estimate of drug-likeness (QED) is 0.919. The summed E-state index contributed by atoms with van der Waals surface area (Å²) in [5, 5.41) is 3.24. The Morgan fingerprint density at radius 2 is 1.95 bits per heavy atom. The molecule has 0 bridgehead atoms. The first-order valence-corrected chi connectivity index (χ1v) is 7.70. The van der Waals surface area contributed by atoms with Crippen molar-refractivity contribution in [2.45, 2.75) is 38.6 Å². The second-order valence-electron chi connectivity index (χ2n) is 5.65. The third-order valence-corrected chi connectivity index (χ3v) is 4.23. The van der Waals surface area contributed by atoms with E-state index in [1.807, 2.05) is 13.1 Å². The van der Waals surface area contributed by atoms with Gasteiger partial charge in [-0.2, -0.15) is 0 Å². The second kappa shape index (κ2) is 6.27. The van der Waals surface area contributed by atoms with E-state index in [0.717, 1.165) is 17.7 Å². The number of pyridine rings is 1. The summed E-state index contributed by atoms with van der Waals surface area (Å²) >= 11 is 0. The van der Waals surface area contributed by atoms with Crippen LogP contribution in [0.2, 0.25) is 0 Å². The van der Waals surface area contributed by atoms with Crippen molar-refractivity contribution < 1.29 is 4.74 Å². The smallest absolute Gasteiger partial charge is 0.223 e. The highest BCUT2D eigenvalue weighted by Gasteiger charge is 2.14. The van der Waals surface area contributed by atoms with E-state index in [1.165, 1.54) is 30.4 Å². The van der Waals surface area contributed by atoms with Gasteiger partial charge in [0, 0.05) is 17.8 Å². The van der Waals surface area contributed by atoms with Gasteiger partial charge >= 0.3 is 0 Å². The predicted molar refractivity (Wildman–Crippen MR) is 84.9 cm³/mol. The summed E-state index contributed by atoms with van der Waals surface area (Å²) in [5.41, 5.74) is 3.98. The number of benzene rings is 1. The molecule has 2 aromatic rings. The number of aromatic nitrogens is 1. The van der Waals surface area contributed by atoms with E-state index in [9.17, 15) is 0 Å². The Hall–Kier alpha value is -1.87. The van der Waals surface area contributed by atoms with Gasteiger partial charge in [0.15, 0.2) is 0 Å². The van der Waals surface area contributed by atoms with Gasteiger partial charge in [-0.05, 0) is 69.0 Å². The summed E-state index contributed by atoms with van der Waals surface area (Å²) in [6, 6.07) is 10.7. The van der Waals surface area contributed by atoms with Gasteiger partial charge in [0.2, 0.25) is 5.88 Å². The van der Waals surface area contributed by atoms with Crippen LogP contribution in [-0.4, -0.2) is 12.0 Å². The number of nitrogens with one attached hydrogen (secondary N) is 1. The van der Waals surface area contributed by atoms with Crippen LogP contribution in [0.15, 0.2) is 36.5 Å². The Bertz CT molecular complexity index is 624. The first kappa shape index (κ1) is 14.1. The second-order valence-corrected chi connectivity index (χ2v) is 5.65. The maximum absolute atomic E-state index is 6.05. The Labute approximate surface area is 126 Å². The van der Waals surface area contributed by atoms with E-state index >= 15 is 0 Å².